The summed E-state index contributed by atoms with van der Waals surface area (Å²) in [7, 11) is 0. The van der Waals surface area contributed by atoms with Crippen molar-refractivity contribution in [1.82, 2.24) is 15.2 Å². The van der Waals surface area contributed by atoms with E-state index in [1.165, 1.54) is 0 Å². The van der Waals surface area contributed by atoms with Crippen molar-refractivity contribution in [3.05, 3.63) is 77.4 Å². The van der Waals surface area contributed by atoms with Gasteiger partial charge in [0.15, 0.2) is 0 Å². The monoisotopic (exact) mass is 498 g/mol. The molecule has 0 unspecified atom stereocenters. The first kappa shape index (κ1) is 23.5. The number of nitrogens with one attached hydrogen (secondary N) is 1. The lowest BCUT2D eigenvalue weighted by Crippen LogP contribution is -2.49. The molecule has 0 radical (unpaired) electrons. The summed E-state index contributed by atoms with van der Waals surface area (Å²) in [6, 6.07) is 13.3. The molecular formula is C30H31FN4O2. The smallest absolute Gasteiger partial charge is 0.251 e. The van der Waals surface area contributed by atoms with E-state index in [1.54, 1.807) is 12.1 Å². The summed E-state index contributed by atoms with van der Waals surface area (Å²) in [4.78, 5) is 18.5. The Hall–Kier alpha value is -3.87. The van der Waals surface area contributed by atoms with Crippen LogP contribution in [0.25, 0.3) is 22.3 Å². The number of hydrogen-bond donors (Lipinski definition) is 2. The number of anilines is 1. The van der Waals surface area contributed by atoms with Crippen LogP contribution >= 0.6 is 0 Å². The fourth-order valence-electron chi connectivity index (χ4n) is 5.87. The van der Waals surface area contributed by atoms with Crippen LogP contribution < -0.4 is 15.8 Å². The van der Waals surface area contributed by atoms with Crippen LogP contribution in [0.5, 0.6) is 5.75 Å². The molecular weight excluding hydrogens is 467 g/mol. The van der Waals surface area contributed by atoms with Crippen LogP contribution in [0.15, 0.2) is 54.7 Å². The van der Waals surface area contributed by atoms with E-state index >= 15 is 4.39 Å². The summed E-state index contributed by atoms with van der Waals surface area (Å²) in [6.07, 6.45) is 4.53. The zero-order chi connectivity index (χ0) is 25.7. The van der Waals surface area contributed by atoms with E-state index in [-0.39, 0.29) is 17.3 Å². The average molecular weight is 499 g/mol. The lowest BCUT2D eigenvalue weighted by Gasteiger charge is -2.45. The van der Waals surface area contributed by atoms with E-state index in [1.807, 2.05) is 30.3 Å². The second-order valence-electron chi connectivity index (χ2n) is 10.5. The molecule has 4 heterocycles. The third-order valence-electron chi connectivity index (χ3n) is 8.11. The zero-order valence-electron chi connectivity index (χ0n) is 21.1. The Morgan fingerprint density at radius 2 is 1.76 bits per heavy atom. The van der Waals surface area contributed by atoms with Crippen molar-refractivity contribution in [2.75, 3.05) is 25.4 Å². The molecule has 3 aliphatic rings. The number of benzene rings is 2. The van der Waals surface area contributed by atoms with E-state index in [2.05, 4.69) is 28.7 Å². The maximum atomic E-state index is 15.1. The van der Waals surface area contributed by atoms with E-state index in [4.69, 9.17) is 10.5 Å². The minimum Gasteiger partial charge on any atom is -0.487 e. The van der Waals surface area contributed by atoms with Crippen molar-refractivity contribution in [1.29, 1.82) is 0 Å². The average Bonchev–Trinajstić information content (AvgIpc) is 2.89. The van der Waals surface area contributed by atoms with Crippen LogP contribution in [0, 0.1) is 5.95 Å². The van der Waals surface area contributed by atoms with Gasteiger partial charge in [0.25, 0.3) is 5.91 Å². The summed E-state index contributed by atoms with van der Waals surface area (Å²) < 4.78 is 21.7. The SMILES string of the molecule is C=C(C)N1CCC2(CCc3cc(-c4cc(-c5ccc6c(c5)CCNC6=O)c(N)nc4F)ccc3O2)CC1. The number of fused-ring (bicyclic) bond motifs is 2. The number of aryl methyl sites for hydroxylation is 1. The maximum absolute atomic E-state index is 15.1. The van der Waals surface area contributed by atoms with Crippen LogP contribution in [-0.2, 0) is 12.8 Å². The van der Waals surface area contributed by atoms with Crippen LogP contribution in [-0.4, -0.2) is 41.0 Å². The number of rotatable bonds is 3. The maximum Gasteiger partial charge on any atom is 0.251 e. The molecule has 2 aromatic carbocycles. The number of carbonyl (C=O) groups excluding carboxylic acids is 1. The highest BCUT2D eigenvalue weighted by molar-refractivity contribution is 5.97. The number of nitrogen functional groups attached to an aromatic ring is 1. The first-order valence-corrected chi connectivity index (χ1v) is 12.9. The zero-order valence-corrected chi connectivity index (χ0v) is 21.1. The van der Waals surface area contributed by atoms with Crippen molar-refractivity contribution in [2.45, 2.75) is 44.6 Å². The van der Waals surface area contributed by atoms with Crippen molar-refractivity contribution in [2.24, 2.45) is 0 Å². The molecule has 1 fully saturated rings. The molecule has 3 aliphatic heterocycles. The van der Waals surface area contributed by atoms with Crippen LogP contribution in [0.3, 0.4) is 0 Å². The van der Waals surface area contributed by atoms with E-state index < -0.39 is 5.95 Å². The number of aromatic nitrogens is 1. The molecule has 0 atom stereocenters. The highest BCUT2D eigenvalue weighted by atomic mass is 19.1. The first-order chi connectivity index (χ1) is 17.8. The Morgan fingerprint density at radius 3 is 2.54 bits per heavy atom. The number of allylic oxidation sites excluding steroid dienone is 1. The number of carbonyl (C=O) groups is 1. The molecule has 1 saturated heterocycles. The summed E-state index contributed by atoms with van der Waals surface area (Å²) in [6.45, 7) is 8.64. The predicted molar refractivity (Wildman–Crippen MR) is 143 cm³/mol. The molecule has 0 saturated carbocycles. The van der Waals surface area contributed by atoms with Gasteiger partial charge in [0.1, 0.15) is 17.2 Å². The quantitative estimate of drug-likeness (QED) is 0.490. The van der Waals surface area contributed by atoms with Gasteiger partial charge >= 0.3 is 0 Å². The minimum atomic E-state index is -0.598. The molecule has 6 nitrogen and oxygen atoms in total. The molecule has 1 spiro atoms. The van der Waals surface area contributed by atoms with Crippen molar-refractivity contribution < 1.29 is 13.9 Å². The number of nitrogens with zero attached hydrogens (tertiary/aromatic N) is 2. The number of likely N-dealkylation sites (tertiary alicyclic amines) is 1. The van der Waals surface area contributed by atoms with Gasteiger partial charge in [-0.1, -0.05) is 24.8 Å². The van der Waals surface area contributed by atoms with Crippen LogP contribution in [0.1, 0.15) is 47.7 Å². The fraction of sp³-hybridized carbons (Fsp3) is 0.333. The molecule has 1 aromatic heterocycles. The number of halogens is 1. The molecule has 3 N–H and O–H groups in total. The number of hydrogen-bond acceptors (Lipinski definition) is 5. The van der Waals surface area contributed by atoms with Gasteiger partial charge < -0.3 is 20.7 Å². The number of piperidine rings is 1. The number of nitrogens with two attached hydrogens (primary N) is 1. The molecule has 6 rings (SSSR count). The van der Waals surface area contributed by atoms with E-state index in [0.717, 1.165) is 78.9 Å². The molecule has 0 bridgehead atoms. The summed E-state index contributed by atoms with van der Waals surface area (Å²) in [5.74, 6) is 0.346. The topological polar surface area (TPSA) is 80.5 Å². The van der Waals surface area contributed by atoms with Gasteiger partial charge in [-0.3, -0.25) is 4.79 Å². The molecule has 190 valence electrons. The third-order valence-corrected chi connectivity index (χ3v) is 8.11. The Labute approximate surface area is 216 Å². The van der Waals surface area contributed by atoms with Crippen molar-refractivity contribution >= 4 is 11.7 Å². The molecule has 0 aliphatic carbocycles. The normalized spacial score (nSPS) is 18.0. The summed E-state index contributed by atoms with van der Waals surface area (Å²) >= 11 is 0. The summed E-state index contributed by atoms with van der Waals surface area (Å²) in [5, 5.41) is 2.86. The molecule has 37 heavy (non-hydrogen) atoms. The third kappa shape index (κ3) is 4.22. The van der Waals surface area contributed by atoms with Gasteiger partial charge in [-0.15, -0.1) is 0 Å². The van der Waals surface area contributed by atoms with Crippen molar-refractivity contribution in [3.8, 4) is 28.0 Å². The first-order valence-electron chi connectivity index (χ1n) is 12.9. The molecule has 1 amide bonds. The second-order valence-corrected chi connectivity index (χ2v) is 10.5. The lowest BCUT2D eigenvalue weighted by atomic mass is 9.82. The Morgan fingerprint density at radius 1 is 1.03 bits per heavy atom. The van der Waals surface area contributed by atoms with Gasteiger partial charge in [-0.05, 0) is 72.7 Å². The highest BCUT2D eigenvalue weighted by Gasteiger charge is 2.39. The van der Waals surface area contributed by atoms with Gasteiger partial charge in [0.05, 0.1) is 0 Å². The highest BCUT2D eigenvalue weighted by Crippen LogP contribution is 2.42. The summed E-state index contributed by atoms with van der Waals surface area (Å²) in [5.41, 5.74) is 12.5. The largest absolute Gasteiger partial charge is 0.487 e. The van der Waals surface area contributed by atoms with Gasteiger partial charge in [0.2, 0.25) is 5.95 Å². The minimum absolute atomic E-state index is 0.0712. The Balaban J connectivity index is 1.29. The van der Waals surface area contributed by atoms with Gasteiger partial charge in [-0.25, -0.2) is 4.98 Å². The van der Waals surface area contributed by atoms with Crippen LogP contribution in [0.2, 0.25) is 0 Å². The second kappa shape index (κ2) is 8.91. The molecule has 3 aromatic rings. The van der Waals surface area contributed by atoms with E-state index in [0.29, 0.717) is 23.2 Å². The van der Waals surface area contributed by atoms with E-state index in [9.17, 15) is 4.79 Å². The lowest BCUT2D eigenvalue weighted by molar-refractivity contribution is -0.00690. The van der Waals surface area contributed by atoms with Gasteiger partial charge in [-0.2, -0.15) is 4.39 Å². The van der Waals surface area contributed by atoms with Gasteiger partial charge in [0, 0.05) is 54.9 Å². The number of pyridine rings is 1. The number of amides is 1. The Kier molecular flexibility index (Phi) is 5.66. The fourth-order valence-corrected chi connectivity index (χ4v) is 5.87. The number of ether oxygens (including phenoxy) is 1. The molecule has 7 heteroatoms. The Bertz CT molecular complexity index is 1430. The van der Waals surface area contributed by atoms with Crippen LogP contribution in [0.4, 0.5) is 10.2 Å². The van der Waals surface area contributed by atoms with Crippen molar-refractivity contribution in [3.63, 3.8) is 0 Å². The standard InChI is InChI=1S/C30H31FN4O2/c1-18(2)35-13-10-30(11-14-35)9-7-22-16-19(4-6-26(22)37-30)24-17-25(28(32)34-27(24)31)20-3-5-23-21(15-20)8-12-33-29(23)36/h3-6,15-17H,1,7-14H2,2H3,(H2,32,34)(H,33,36). The predicted octanol–water partition coefficient (Wildman–Crippen LogP) is 5.12.